The maximum Gasteiger partial charge on any atom is 0.344 e. The van der Waals surface area contributed by atoms with Crippen LogP contribution in [0.25, 0.3) is 22.1 Å². The molecule has 1 aromatic heterocycles. The zero-order valence-electron chi connectivity index (χ0n) is 31.3. The van der Waals surface area contributed by atoms with Crippen molar-refractivity contribution in [1.29, 1.82) is 0 Å². The highest BCUT2D eigenvalue weighted by Crippen LogP contribution is 2.30. The first kappa shape index (κ1) is 54.3. The number of thiocarbonyl (C=S) groups is 1. The fraction of sp³-hybridized carbons (Fsp3) is 0.400. The Balaban J connectivity index is -0.000000361. The van der Waals surface area contributed by atoms with Gasteiger partial charge in [0.15, 0.2) is 0 Å². The van der Waals surface area contributed by atoms with E-state index in [2.05, 4.69) is 52.5 Å². The van der Waals surface area contributed by atoms with Crippen molar-refractivity contribution in [2.75, 3.05) is 44.2 Å². The molecule has 0 fully saturated rings. The number of aliphatic imine (C=N–C) groups is 1. The van der Waals surface area contributed by atoms with Gasteiger partial charge in [-0.1, -0.05) is 12.1 Å². The second-order valence-electron chi connectivity index (χ2n) is 9.91. The molecule has 0 aliphatic carbocycles. The van der Waals surface area contributed by atoms with E-state index in [1.54, 1.807) is 12.1 Å². The molecule has 0 unspecified atom stereocenters. The third-order valence-corrected chi connectivity index (χ3v) is 5.34. The van der Waals surface area contributed by atoms with Crippen molar-refractivity contribution in [3.8, 4) is 11.1 Å². The lowest BCUT2D eigenvalue weighted by Crippen LogP contribution is -2.27. The number of benzene rings is 2. The van der Waals surface area contributed by atoms with E-state index >= 15 is 0 Å². The van der Waals surface area contributed by atoms with Crippen LogP contribution in [-0.4, -0.2) is 99.8 Å². The van der Waals surface area contributed by atoms with Gasteiger partial charge in [0.25, 0.3) is 29.8 Å². The van der Waals surface area contributed by atoms with Crippen molar-refractivity contribution in [3.63, 3.8) is 0 Å². The molecule has 17 nitrogen and oxygen atoms in total. The molecule has 10 N–H and O–H groups in total. The van der Waals surface area contributed by atoms with Crippen molar-refractivity contribution >= 4 is 69.6 Å². The number of nitrogens with zero attached hydrogens (tertiary/aromatic N) is 2. The molecule has 0 bridgehead atoms. The second kappa shape index (κ2) is 33.6. The molecule has 0 spiro atoms. The van der Waals surface area contributed by atoms with E-state index < -0.39 is 29.8 Å². The number of hydrogen-bond acceptors (Lipinski definition) is 13. The van der Waals surface area contributed by atoms with Crippen LogP contribution in [0.4, 0.5) is 11.4 Å². The molecule has 3 aromatic rings. The Morgan fingerprint density at radius 3 is 1.51 bits per heavy atom. The van der Waals surface area contributed by atoms with Gasteiger partial charge in [0, 0.05) is 91.0 Å². The van der Waals surface area contributed by atoms with Crippen molar-refractivity contribution in [2.24, 2.45) is 16.5 Å². The number of anilines is 1. The number of carboxylic acid groups (broad SMARTS) is 5. The molecule has 2 aromatic carbocycles. The molecule has 0 aliphatic rings. The van der Waals surface area contributed by atoms with Crippen LogP contribution in [0.5, 0.6) is 0 Å². The minimum atomic E-state index is -0.833. The smallest absolute Gasteiger partial charge is 0.344 e. The first-order valence-corrected chi connectivity index (χ1v) is 16.2. The van der Waals surface area contributed by atoms with Gasteiger partial charge in [0.05, 0.1) is 16.4 Å². The number of aliphatic carboxylic acids is 5. The maximum absolute atomic E-state index is 12.7. The molecular weight excluding hydrogens is 714 g/mol. The lowest BCUT2D eigenvalue weighted by atomic mass is 9.99. The standard InChI is InChI=1S/C21H20N2O2S.C4H13N3.5C2H4O2/c1-4-23(5-2)17-10-11-18-14(3)20(21(24)25-19(18)12-17)15-6-8-16(9-7-15)22-13-26;5-1-3-7-4-2-6;5*1-2(3)4/h6-12H,4-5H2,1-3H3;7H,1-6H2;5*1H3,(H,3,4). The zero-order chi connectivity index (χ0) is 42.1. The fourth-order valence-electron chi connectivity index (χ4n) is 3.55. The third kappa shape index (κ3) is 33.4. The average molecular weight is 768 g/mol. The third-order valence-electron chi connectivity index (χ3n) is 5.25. The SMILES string of the molecule is CC(=O)O.CC(=O)O.CC(=O)O.CC(=O)O.CC(=O)O.CCN(CC)c1ccc2c(C)c(-c3ccc(N=C=S)cc3)c(=O)oc2c1.NCCNCCN. The summed E-state index contributed by atoms with van der Waals surface area (Å²) in [7, 11) is 0. The van der Waals surface area contributed by atoms with Gasteiger partial charge in [-0.15, -0.1) is 0 Å². The Labute approximate surface area is 313 Å². The first-order chi connectivity index (χ1) is 24.7. The van der Waals surface area contributed by atoms with Crippen molar-refractivity contribution in [3.05, 3.63) is 58.4 Å². The number of carboxylic acids is 5. The summed E-state index contributed by atoms with van der Waals surface area (Å²) >= 11 is 4.62. The number of carbonyl (C=O) groups is 5. The first-order valence-electron chi connectivity index (χ1n) is 15.8. The minimum absolute atomic E-state index is 0.335. The minimum Gasteiger partial charge on any atom is -0.481 e. The highest BCUT2D eigenvalue weighted by molar-refractivity contribution is 7.78. The summed E-state index contributed by atoms with van der Waals surface area (Å²) in [5.41, 5.74) is 14.7. The van der Waals surface area contributed by atoms with Crippen LogP contribution in [0.1, 0.15) is 54.0 Å². The molecule has 53 heavy (non-hydrogen) atoms. The van der Waals surface area contributed by atoms with Crippen LogP contribution in [0.3, 0.4) is 0 Å². The number of nitrogens with two attached hydrogens (primary N) is 2. The number of nitrogens with one attached hydrogen (secondary N) is 1. The van der Waals surface area contributed by atoms with E-state index in [0.29, 0.717) is 29.9 Å². The Kier molecular flexibility index (Phi) is 34.4. The highest BCUT2D eigenvalue weighted by atomic mass is 32.1. The number of isothiocyanates is 1. The summed E-state index contributed by atoms with van der Waals surface area (Å²) in [6, 6.07) is 13.3. The molecule has 0 saturated heterocycles. The van der Waals surface area contributed by atoms with Gasteiger partial charge in [-0.05, 0) is 68.4 Å². The molecule has 296 valence electrons. The normalized spacial score (nSPS) is 8.79. The fourth-order valence-corrected chi connectivity index (χ4v) is 3.65. The van der Waals surface area contributed by atoms with E-state index in [4.69, 9.17) is 65.4 Å². The summed E-state index contributed by atoms with van der Waals surface area (Å²) in [4.78, 5) is 63.8. The Hall–Kier alpha value is -5.52. The second-order valence-corrected chi connectivity index (χ2v) is 10.1. The van der Waals surface area contributed by atoms with Crippen molar-refractivity contribution < 1.29 is 53.9 Å². The van der Waals surface area contributed by atoms with E-state index in [0.717, 1.165) is 83.0 Å². The van der Waals surface area contributed by atoms with Crippen LogP contribution < -0.4 is 27.3 Å². The predicted molar refractivity (Wildman–Crippen MR) is 208 cm³/mol. The predicted octanol–water partition coefficient (Wildman–Crippen LogP) is 4.30. The molecule has 0 amide bonds. The summed E-state index contributed by atoms with van der Waals surface area (Å²) in [6.45, 7) is 16.5. The number of rotatable bonds is 9. The van der Waals surface area contributed by atoms with E-state index in [9.17, 15) is 4.79 Å². The van der Waals surface area contributed by atoms with Crippen LogP contribution in [0.2, 0.25) is 0 Å². The number of hydrogen-bond donors (Lipinski definition) is 8. The van der Waals surface area contributed by atoms with E-state index in [-0.39, 0.29) is 5.63 Å². The van der Waals surface area contributed by atoms with Gasteiger partial charge in [-0.25, -0.2) is 4.79 Å². The van der Waals surface area contributed by atoms with Crippen molar-refractivity contribution in [1.82, 2.24) is 5.32 Å². The number of aryl methyl sites for hydroxylation is 1. The topological polar surface area (TPSA) is 296 Å². The van der Waals surface area contributed by atoms with Crippen molar-refractivity contribution in [2.45, 2.75) is 55.4 Å². The quantitative estimate of drug-likeness (QED) is 0.0651. The molecule has 0 aliphatic heterocycles. The van der Waals surface area contributed by atoms with Crippen LogP contribution in [-0.2, 0) is 24.0 Å². The molecule has 1 heterocycles. The maximum atomic E-state index is 12.7. The molecular formula is C35H53N5O12S. The molecule has 3 rings (SSSR count). The summed E-state index contributed by atoms with van der Waals surface area (Å²) < 4.78 is 5.65. The summed E-state index contributed by atoms with van der Waals surface area (Å²) in [5, 5.41) is 43.4. The monoisotopic (exact) mass is 767 g/mol. The van der Waals surface area contributed by atoms with E-state index in [1.807, 2.05) is 31.2 Å². The van der Waals surface area contributed by atoms with Gasteiger partial charge in [0.1, 0.15) is 5.58 Å². The average Bonchev–Trinajstić information content (AvgIpc) is 3.02. The molecule has 0 atom stereocenters. The molecule has 18 heteroatoms. The van der Waals surface area contributed by atoms with E-state index in [1.165, 1.54) is 0 Å². The lowest BCUT2D eigenvalue weighted by molar-refractivity contribution is -0.135. The highest BCUT2D eigenvalue weighted by Gasteiger charge is 2.14. The van der Waals surface area contributed by atoms with Gasteiger partial charge in [-0.2, -0.15) is 4.99 Å². The Bertz CT molecular complexity index is 1540. The largest absolute Gasteiger partial charge is 0.481 e. The summed E-state index contributed by atoms with van der Waals surface area (Å²) in [6.07, 6.45) is 0. The van der Waals surface area contributed by atoms with Crippen LogP contribution in [0.15, 0.2) is 56.7 Å². The van der Waals surface area contributed by atoms with Gasteiger partial charge in [0.2, 0.25) is 0 Å². The van der Waals surface area contributed by atoms with Gasteiger partial charge >= 0.3 is 5.63 Å². The molecule has 0 radical (unpaired) electrons. The Morgan fingerprint density at radius 1 is 0.774 bits per heavy atom. The molecule has 0 saturated carbocycles. The van der Waals surface area contributed by atoms with Crippen LogP contribution in [0, 0.1) is 6.92 Å². The van der Waals surface area contributed by atoms with Gasteiger partial charge in [-0.3, -0.25) is 24.0 Å². The Morgan fingerprint density at radius 2 is 1.17 bits per heavy atom. The van der Waals surface area contributed by atoms with Crippen LogP contribution >= 0.6 is 12.2 Å². The summed E-state index contributed by atoms with van der Waals surface area (Å²) in [5.74, 6) is -4.17. The zero-order valence-corrected chi connectivity index (χ0v) is 32.2. The number of fused-ring (bicyclic) bond motifs is 1. The van der Waals surface area contributed by atoms with Gasteiger partial charge < -0.3 is 51.6 Å². The lowest BCUT2D eigenvalue weighted by Gasteiger charge is -2.21.